The van der Waals surface area contributed by atoms with E-state index >= 15 is 0 Å². The SMILES string of the molecule is COc1ccc(Cl)cc1NC(=O)CC1SC(=Nc2cc(C)cc(C)c2)NC1=O. The van der Waals surface area contributed by atoms with Gasteiger partial charge in [0.05, 0.1) is 18.5 Å². The molecule has 2 N–H and O–H groups in total. The second-order valence-electron chi connectivity index (χ2n) is 6.46. The van der Waals surface area contributed by atoms with Gasteiger partial charge in [0.15, 0.2) is 5.17 Å². The molecule has 2 amide bonds. The summed E-state index contributed by atoms with van der Waals surface area (Å²) in [6.45, 7) is 3.99. The molecule has 1 unspecified atom stereocenters. The highest BCUT2D eigenvalue weighted by atomic mass is 35.5. The number of nitrogens with one attached hydrogen (secondary N) is 2. The molecule has 1 fully saturated rings. The van der Waals surface area contributed by atoms with Gasteiger partial charge in [-0.3, -0.25) is 9.59 Å². The van der Waals surface area contributed by atoms with Crippen molar-refractivity contribution in [1.29, 1.82) is 0 Å². The number of hydrogen-bond acceptors (Lipinski definition) is 5. The molecule has 0 bridgehead atoms. The third kappa shape index (κ3) is 5.05. The lowest BCUT2D eigenvalue weighted by atomic mass is 10.1. The molecule has 0 radical (unpaired) electrons. The molecule has 0 spiro atoms. The molecule has 0 aliphatic carbocycles. The highest BCUT2D eigenvalue weighted by Gasteiger charge is 2.32. The van der Waals surface area contributed by atoms with Crippen LogP contribution in [0.4, 0.5) is 11.4 Å². The van der Waals surface area contributed by atoms with Gasteiger partial charge in [-0.1, -0.05) is 29.4 Å². The number of halogens is 1. The normalized spacial score (nSPS) is 17.5. The zero-order valence-electron chi connectivity index (χ0n) is 15.7. The molecular formula is C20H20ClN3O3S. The molecule has 146 valence electrons. The van der Waals surface area contributed by atoms with Crippen molar-refractivity contribution in [3.05, 3.63) is 52.5 Å². The van der Waals surface area contributed by atoms with E-state index in [1.54, 1.807) is 18.2 Å². The summed E-state index contributed by atoms with van der Waals surface area (Å²) in [6.07, 6.45) is 0.0119. The van der Waals surface area contributed by atoms with Gasteiger partial charge in [0.1, 0.15) is 11.0 Å². The first kappa shape index (κ1) is 20.2. The van der Waals surface area contributed by atoms with Gasteiger partial charge in [-0.15, -0.1) is 0 Å². The molecule has 2 aromatic carbocycles. The number of aryl methyl sites for hydroxylation is 2. The summed E-state index contributed by atoms with van der Waals surface area (Å²) >= 11 is 7.23. The van der Waals surface area contributed by atoms with Crippen LogP contribution in [-0.4, -0.2) is 29.3 Å². The largest absolute Gasteiger partial charge is 0.495 e. The minimum Gasteiger partial charge on any atom is -0.495 e. The third-order valence-electron chi connectivity index (χ3n) is 4.02. The Hall–Kier alpha value is -2.51. The first-order valence-electron chi connectivity index (χ1n) is 8.62. The zero-order chi connectivity index (χ0) is 20.3. The summed E-state index contributed by atoms with van der Waals surface area (Å²) < 4.78 is 5.22. The van der Waals surface area contributed by atoms with E-state index in [9.17, 15) is 9.59 Å². The van der Waals surface area contributed by atoms with Crippen LogP contribution in [0.15, 0.2) is 41.4 Å². The third-order valence-corrected chi connectivity index (χ3v) is 5.34. The molecule has 0 aromatic heterocycles. The predicted octanol–water partition coefficient (Wildman–Crippen LogP) is 4.21. The number of amides is 2. The Bertz CT molecular complexity index is 941. The fourth-order valence-electron chi connectivity index (χ4n) is 2.87. The van der Waals surface area contributed by atoms with E-state index in [1.165, 1.54) is 18.9 Å². The number of methoxy groups -OCH3 is 1. The second kappa shape index (κ2) is 8.67. The molecule has 1 aliphatic rings. The van der Waals surface area contributed by atoms with E-state index in [2.05, 4.69) is 21.7 Å². The van der Waals surface area contributed by atoms with Gasteiger partial charge in [-0.05, 0) is 55.3 Å². The summed E-state index contributed by atoms with van der Waals surface area (Å²) in [5.74, 6) is -0.0412. The molecular weight excluding hydrogens is 398 g/mol. The van der Waals surface area contributed by atoms with E-state index in [0.717, 1.165) is 16.8 Å². The van der Waals surface area contributed by atoms with Crippen molar-refractivity contribution in [1.82, 2.24) is 5.32 Å². The maximum atomic E-state index is 12.4. The van der Waals surface area contributed by atoms with Crippen molar-refractivity contribution < 1.29 is 14.3 Å². The van der Waals surface area contributed by atoms with Crippen LogP contribution < -0.4 is 15.4 Å². The van der Waals surface area contributed by atoms with Gasteiger partial charge in [0, 0.05) is 11.4 Å². The van der Waals surface area contributed by atoms with Crippen molar-refractivity contribution in [2.75, 3.05) is 12.4 Å². The number of nitrogens with zero attached hydrogens (tertiary/aromatic N) is 1. The highest BCUT2D eigenvalue weighted by Crippen LogP contribution is 2.30. The Kier molecular flexibility index (Phi) is 6.26. The Morgan fingerprint density at radius 2 is 1.96 bits per heavy atom. The first-order chi connectivity index (χ1) is 13.3. The molecule has 0 saturated carbocycles. The average molecular weight is 418 g/mol. The number of ether oxygens (including phenoxy) is 1. The van der Waals surface area contributed by atoms with Crippen molar-refractivity contribution in [3.8, 4) is 5.75 Å². The number of carbonyl (C=O) groups excluding carboxylic acids is 2. The van der Waals surface area contributed by atoms with Crippen LogP contribution in [0, 0.1) is 13.8 Å². The van der Waals surface area contributed by atoms with Crippen molar-refractivity contribution in [2.45, 2.75) is 25.5 Å². The molecule has 1 saturated heterocycles. The Morgan fingerprint density at radius 3 is 2.64 bits per heavy atom. The molecule has 2 aromatic rings. The van der Waals surface area contributed by atoms with Gasteiger partial charge >= 0.3 is 0 Å². The number of hydrogen-bond donors (Lipinski definition) is 2. The van der Waals surface area contributed by atoms with Crippen LogP contribution in [0.5, 0.6) is 5.75 Å². The monoisotopic (exact) mass is 417 g/mol. The van der Waals surface area contributed by atoms with E-state index in [4.69, 9.17) is 16.3 Å². The number of amidine groups is 1. The molecule has 1 atom stereocenters. The Balaban J connectivity index is 1.67. The number of rotatable bonds is 5. The highest BCUT2D eigenvalue weighted by molar-refractivity contribution is 8.15. The number of benzene rings is 2. The lowest BCUT2D eigenvalue weighted by Crippen LogP contribution is -2.28. The van der Waals surface area contributed by atoms with Crippen LogP contribution in [0.1, 0.15) is 17.5 Å². The maximum Gasteiger partial charge on any atom is 0.240 e. The van der Waals surface area contributed by atoms with Gasteiger partial charge < -0.3 is 15.4 Å². The average Bonchev–Trinajstić information content (AvgIpc) is 2.93. The van der Waals surface area contributed by atoms with E-state index in [1.807, 2.05) is 26.0 Å². The number of thioether (sulfide) groups is 1. The topological polar surface area (TPSA) is 79.8 Å². The van der Waals surface area contributed by atoms with Crippen molar-refractivity contribution in [3.63, 3.8) is 0 Å². The lowest BCUT2D eigenvalue weighted by Gasteiger charge is -2.11. The van der Waals surface area contributed by atoms with E-state index < -0.39 is 5.25 Å². The molecule has 6 nitrogen and oxygen atoms in total. The second-order valence-corrected chi connectivity index (χ2v) is 8.08. The minimum absolute atomic E-state index is 0.0119. The molecule has 1 heterocycles. The van der Waals surface area contributed by atoms with Gasteiger partial charge in [0.2, 0.25) is 11.8 Å². The minimum atomic E-state index is -0.546. The summed E-state index contributed by atoms with van der Waals surface area (Å²) in [6, 6.07) is 10.9. The van der Waals surface area contributed by atoms with Crippen LogP contribution in [0.3, 0.4) is 0 Å². The molecule has 28 heavy (non-hydrogen) atoms. The Labute approximate surface area is 172 Å². The van der Waals surface area contributed by atoms with Gasteiger partial charge in [-0.25, -0.2) is 4.99 Å². The van der Waals surface area contributed by atoms with Crippen LogP contribution in [-0.2, 0) is 9.59 Å². The number of aliphatic imine (C=N–C) groups is 1. The number of anilines is 1. The summed E-state index contributed by atoms with van der Waals surface area (Å²) in [4.78, 5) is 29.1. The van der Waals surface area contributed by atoms with Crippen LogP contribution >= 0.6 is 23.4 Å². The van der Waals surface area contributed by atoms with Crippen molar-refractivity contribution in [2.24, 2.45) is 4.99 Å². The lowest BCUT2D eigenvalue weighted by molar-refractivity contribution is -0.122. The smallest absolute Gasteiger partial charge is 0.240 e. The number of carbonyl (C=O) groups is 2. The molecule has 3 rings (SSSR count). The van der Waals surface area contributed by atoms with Crippen LogP contribution in [0.25, 0.3) is 0 Å². The summed E-state index contributed by atoms with van der Waals surface area (Å²) in [5, 5.41) is 5.91. The Morgan fingerprint density at radius 1 is 1.25 bits per heavy atom. The quantitative estimate of drug-likeness (QED) is 0.763. The fraction of sp³-hybridized carbons (Fsp3) is 0.250. The standard InChI is InChI=1S/C20H20ClN3O3S/c1-11-6-12(2)8-14(7-11)22-20-24-19(26)17(28-20)10-18(25)23-15-9-13(21)4-5-16(15)27-3/h4-9,17H,10H2,1-3H3,(H,23,25)(H,22,24,26). The van der Waals surface area contributed by atoms with Crippen LogP contribution in [0.2, 0.25) is 5.02 Å². The fourth-order valence-corrected chi connectivity index (χ4v) is 4.03. The van der Waals surface area contributed by atoms with Gasteiger partial charge in [0.25, 0.3) is 0 Å². The van der Waals surface area contributed by atoms with E-state index in [-0.39, 0.29) is 18.2 Å². The van der Waals surface area contributed by atoms with Gasteiger partial charge in [-0.2, -0.15) is 0 Å². The van der Waals surface area contributed by atoms with E-state index in [0.29, 0.717) is 21.6 Å². The zero-order valence-corrected chi connectivity index (χ0v) is 17.3. The molecule has 8 heteroatoms. The summed E-state index contributed by atoms with van der Waals surface area (Å²) in [7, 11) is 1.51. The summed E-state index contributed by atoms with van der Waals surface area (Å²) in [5.41, 5.74) is 3.43. The predicted molar refractivity (Wildman–Crippen MR) is 114 cm³/mol. The molecule has 1 aliphatic heterocycles. The maximum absolute atomic E-state index is 12.4. The first-order valence-corrected chi connectivity index (χ1v) is 9.87. The van der Waals surface area contributed by atoms with Crippen molar-refractivity contribution >= 4 is 51.7 Å².